The summed E-state index contributed by atoms with van der Waals surface area (Å²) in [6.45, 7) is 7.27. The topological polar surface area (TPSA) is 40.6 Å². The van der Waals surface area contributed by atoms with Crippen molar-refractivity contribution in [2.24, 2.45) is 0 Å². The van der Waals surface area contributed by atoms with Gasteiger partial charge in [-0.25, -0.2) is 0 Å². The zero-order valence-corrected chi connectivity index (χ0v) is 11.6. The largest absolute Gasteiger partial charge is 0.334 e. The molecule has 1 heterocycles. The van der Waals surface area contributed by atoms with Crippen molar-refractivity contribution >= 4 is 11.7 Å². The average Bonchev–Trinajstić information content (AvgIpc) is 2.39. The average molecular weight is 260 g/mol. The highest BCUT2D eigenvalue weighted by molar-refractivity contribution is 6.35. The Bertz CT molecular complexity index is 477. The number of carbonyl (C=O) groups is 2. The lowest BCUT2D eigenvalue weighted by Gasteiger charge is -2.34. The van der Waals surface area contributed by atoms with Gasteiger partial charge in [0.15, 0.2) is 0 Å². The van der Waals surface area contributed by atoms with E-state index >= 15 is 0 Å². The molecule has 1 aliphatic rings. The maximum absolute atomic E-state index is 11.6. The van der Waals surface area contributed by atoms with Crippen molar-refractivity contribution in [3.8, 4) is 0 Å². The first kappa shape index (κ1) is 13.7. The first-order valence-corrected chi connectivity index (χ1v) is 6.64. The molecular formula is C15H20N2O2. The smallest absolute Gasteiger partial charge is 0.289 e. The minimum Gasteiger partial charge on any atom is -0.334 e. The van der Waals surface area contributed by atoms with Gasteiger partial charge >= 0.3 is 0 Å². The van der Waals surface area contributed by atoms with Crippen molar-refractivity contribution in [2.75, 3.05) is 26.2 Å². The molecule has 4 heteroatoms. The molecule has 1 aliphatic heterocycles. The summed E-state index contributed by atoms with van der Waals surface area (Å²) >= 11 is 0. The third-order valence-electron chi connectivity index (χ3n) is 3.45. The molecular weight excluding hydrogens is 240 g/mol. The van der Waals surface area contributed by atoms with Crippen LogP contribution in [-0.2, 0) is 16.1 Å². The molecule has 0 aromatic heterocycles. The lowest BCUT2D eigenvalue weighted by atomic mass is 10.1. The quantitative estimate of drug-likeness (QED) is 0.767. The third-order valence-corrected chi connectivity index (χ3v) is 3.45. The Balaban J connectivity index is 1.87. The number of rotatable bonds is 3. The van der Waals surface area contributed by atoms with Crippen LogP contribution in [0.4, 0.5) is 0 Å². The molecule has 0 unspecified atom stereocenters. The molecule has 1 aromatic carbocycles. The van der Waals surface area contributed by atoms with E-state index in [1.165, 1.54) is 18.1 Å². The van der Waals surface area contributed by atoms with Gasteiger partial charge in [-0.15, -0.1) is 0 Å². The second kappa shape index (κ2) is 5.97. The van der Waals surface area contributed by atoms with Crippen LogP contribution >= 0.6 is 0 Å². The molecule has 4 nitrogen and oxygen atoms in total. The molecule has 0 saturated carbocycles. The van der Waals surface area contributed by atoms with Crippen LogP contribution in [0.2, 0.25) is 0 Å². The molecule has 0 N–H and O–H groups in total. The monoisotopic (exact) mass is 260 g/mol. The Morgan fingerprint density at radius 3 is 2.42 bits per heavy atom. The Labute approximate surface area is 114 Å². The number of aryl methyl sites for hydroxylation is 1. The summed E-state index contributed by atoms with van der Waals surface area (Å²) < 4.78 is 0. The van der Waals surface area contributed by atoms with E-state index in [-0.39, 0.29) is 11.7 Å². The fraction of sp³-hybridized carbons (Fsp3) is 0.467. The van der Waals surface area contributed by atoms with Crippen LogP contribution in [0, 0.1) is 6.92 Å². The van der Waals surface area contributed by atoms with E-state index in [1.54, 1.807) is 4.90 Å². The van der Waals surface area contributed by atoms with Gasteiger partial charge in [-0.3, -0.25) is 14.5 Å². The van der Waals surface area contributed by atoms with Crippen molar-refractivity contribution in [1.82, 2.24) is 9.80 Å². The Morgan fingerprint density at radius 2 is 1.84 bits per heavy atom. The molecule has 0 aliphatic carbocycles. The molecule has 0 atom stereocenters. The van der Waals surface area contributed by atoms with E-state index < -0.39 is 0 Å². The number of ketones is 1. The number of amides is 1. The summed E-state index contributed by atoms with van der Waals surface area (Å²) in [5, 5.41) is 0. The van der Waals surface area contributed by atoms with Crippen LogP contribution in [0.5, 0.6) is 0 Å². The normalized spacial score (nSPS) is 16.4. The number of nitrogens with zero attached hydrogens (tertiary/aromatic N) is 2. The zero-order valence-electron chi connectivity index (χ0n) is 11.6. The van der Waals surface area contributed by atoms with Crippen molar-refractivity contribution in [2.45, 2.75) is 20.4 Å². The third kappa shape index (κ3) is 3.64. The molecule has 1 amide bonds. The second-order valence-corrected chi connectivity index (χ2v) is 5.11. The molecule has 1 fully saturated rings. The van der Waals surface area contributed by atoms with Crippen LogP contribution in [-0.4, -0.2) is 47.7 Å². The molecule has 19 heavy (non-hydrogen) atoms. The highest BCUT2D eigenvalue weighted by Gasteiger charge is 2.23. The molecule has 0 radical (unpaired) electrons. The van der Waals surface area contributed by atoms with Gasteiger partial charge in [0.1, 0.15) is 0 Å². The van der Waals surface area contributed by atoms with Gasteiger partial charge in [0.05, 0.1) is 0 Å². The fourth-order valence-corrected chi connectivity index (χ4v) is 2.40. The zero-order chi connectivity index (χ0) is 13.8. The predicted molar refractivity (Wildman–Crippen MR) is 73.7 cm³/mol. The first-order valence-electron chi connectivity index (χ1n) is 6.64. The summed E-state index contributed by atoms with van der Waals surface area (Å²) in [4.78, 5) is 26.6. The Hall–Kier alpha value is -1.68. The van der Waals surface area contributed by atoms with Crippen LogP contribution < -0.4 is 0 Å². The summed E-state index contributed by atoms with van der Waals surface area (Å²) in [7, 11) is 0. The predicted octanol–water partition coefficient (Wildman–Crippen LogP) is 1.23. The molecule has 102 valence electrons. The molecule has 1 aromatic rings. The van der Waals surface area contributed by atoms with E-state index in [0.717, 1.165) is 19.6 Å². The Morgan fingerprint density at radius 1 is 1.16 bits per heavy atom. The summed E-state index contributed by atoms with van der Waals surface area (Å²) in [5.74, 6) is -0.720. The first-order chi connectivity index (χ1) is 9.06. The minimum absolute atomic E-state index is 0.352. The van der Waals surface area contributed by atoms with E-state index in [9.17, 15) is 9.59 Å². The minimum atomic E-state index is -0.368. The van der Waals surface area contributed by atoms with Crippen LogP contribution in [0.1, 0.15) is 18.1 Å². The van der Waals surface area contributed by atoms with Gasteiger partial charge in [-0.05, 0) is 12.5 Å². The lowest BCUT2D eigenvalue weighted by molar-refractivity contribution is -0.144. The van der Waals surface area contributed by atoms with Crippen LogP contribution in [0.25, 0.3) is 0 Å². The summed E-state index contributed by atoms with van der Waals surface area (Å²) in [6, 6.07) is 8.47. The molecule has 0 bridgehead atoms. The van der Waals surface area contributed by atoms with Gasteiger partial charge in [0.2, 0.25) is 5.78 Å². The van der Waals surface area contributed by atoms with Crippen LogP contribution in [0.15, 0.2) is 24.3 Å². The van der Waals surface area contributed by atoms with Crippen molar-refractivity contribution in [3.05, 3.63) is 35.4 Å². The SMILES string of the molecule is CC(=O)C(=O)N1CCN(Cc2cccc(C)c2)CC1. The second-order valence-electron chi connectivity index (χ2n) is 5.11. The molecule has 2 rings (SSSR count). The number of hydrogen-bond donors (Lipinski definition) is 0. The highest BCUT2D eigenvalue weighted by Crippen LogP contribution is 2.10. The maximum atomic E-state index is 11.6. The lowest BCUT2D eigenvalue weighted by Crippen LogP contribution is -2.49. The van der Waals surface area contributed by atoms with Gasteiger partial charge in [0.25, 0.3) is 5.91 Å². The van der Waals surface area contributed by atoms with E-state index in [2.05, 4.69) is 36.1 Å². The standard InChI is InChI=1S/C15H20N2O2/c1-12-4-3-5-14(10-12)11-16-6-8-17(9-7-16)15(19)13(2)18/h3-5,10H,6-9,11H2,1-2H3. The number of carbonyl (C=O) groups excluding carboxylic acids is 2. The number of piperazine rings is 1. The maximum Gasteiger partial charge on any atom is 0.289 e. The van der Waals surface area contributed by atoms with E-state index in [4.69, 9.17) is 0 Å². The summed E-state index contributed by atoms with van der Waals surface area (Å²) in [5.41, 5.74) is 2.56. The molecule has 1 saturated heterocycles. The highest BCUT2D eigenvalue weighted by atomic mass is 16.2. The number of benzene rings is 1. The van der Waals surface area contributed by atoms with Gasteiger partial charge in [-0.1, -0.05) is 29.8 Å². The van der Waals surface area contributed by atoms with E-state index in [1.807, 2.05) is 0 Å². The van der Waals surface area contributed by atoms with Crippen molar-refractivity contribution < 1.29 is 9.59 Å². The van der Waals surface area contributed by atoms with E-state index in [0.29, 0.717) is 13.1 Å². The number of Topliss-reactive ketones (excluding diaryl/α,β-unsaturated/α-hetero) is 1. The Kier molecular flexibility index (Phi) is 4.32. The van der Waals surface area contributed by atoms with Crippen molar-refractivity contribution in [1.29, 1.82) is 0 Å². The summed E-state index contributed by atoms with van der Waals surface area (Å²) in [6.07, 6.45) is 0. The fourth-order valence-electron chi connectivity index (χ4n) is 2.40. The number of hydrogen-bond acceptors (Lipinski definition) is 3. The van der Waals surface area contributed by atoms with Gasteiger partial charge in [-0.2, -0.15) is 0 Å². The molecule has 0 spiro atoms. The van der Waals surface area contributed by atoms with Crippen LogP contribution in [0.3, 0.4) is 0 Å². The van der Waals surface area contributed by atoms with Gasteiger partial charge < -0.3 is 4.90 Å². The van der Waals surface area contributed by atoms with Gasteiger partial charge in [0, 0.05) is 39.6 Å². The van der Waals surface area contributed by atoms with Crippen molar-refractivity contribution in [3.63, 3.8) is 0 Å².